The summed E-state index contributed by atoms with van der Waals surface area (Å²) in [4.78, 5) is 12.2. The van der Waals surface area contributed by atoms with Crippen molar-refractivity contribution in [2.24, 2.45) is 5.73 Å². The molecule has 3 N–H and O–H groups in total. The SMILES string of the molecule is Cl.NC1(CNC(=O)c2cccc3c2OCCO3)CCC1. The summed E-state index contributed by atoms with van der Waals surface area (Å²) >= 11 is 0. The van der Waals surface area contributed by atoms with Gasteiger partial charge in [-0.2, -0.15) is 0 Å². The van der Waals surface area contributed by atoms with E-state index in [1.165, 1.54) is 0 Å². The van der Waals surface area contributed by atoms with E-state index in [1.807, 2.05) is 6.07 Å². The average Bonchev–Trinajstić information content (AvgIpc) is 2.42. The molecular formula is C14H19ClN2O3. The zero-order valence-electron chi connectivity index (χ0n) is 11.2. The van der Waals surface area contributed by atoms with Crippen LogP contribution in [0.2, 0.25) is 0 Å². The summed E-state index contributed by atoms with van der Waals surface area (Å²) in [6, 6.07) is 5.35. The maximum absolute atomic E-state index is 12.2. The van der Waals surface area contributed by atoms with Crippen molar-refractivity contribution in [3.05, 3.63) is 23.8 Å². The van der Waals surface area contributed by atoms with Crippen molar-refractivity contribution in [3.63, 3.8) is 0 Å². The number of fused-ring (bicyclic) bond motifs is 1. The maximum atomic E-state index is 12.2. The third-order valence-corrected chi connectivity index (χ3v) is 3.76. The van der Waals surface area contributed by atoms with Crippen LogP contribution in [0.15, 0.2) is 18.2 Å². The van der Waals surface area contributed by atoms with Crippen molar-refractivity contribution in [2.75, 3.05) is 19.8 Å². The number of carbonyl (C=O) groups excluding carboxylic acids is 1. The van der Waals surface area contributed by atoms with Gasteiger partial charge in [0.1, 0.15) is 13.2 Å². The van der Waals surface area contributed by atoms with E-state index in [9.17, 15) is 4.79 Å². The average molecular weight is 299 g/mol. The van der Waals surface area contributed by atoms with Crippen molar-refractivity contribution in [1.29, 1.82) is 0 Å². The Balaban J connectivity index is 0.00000147. The Bertz CT molecular complexity index is 503. The predicted octanol–water partition coefficient (Wildman–Crippen LogP) is 1.49. The van der Waals surface area contributed by atoms with Gasteiger partial charge in [0.15, 0.2) is 11.5 Å². The van der Waals surface area contributed by atoms with E-state index in [0.717, 1.165) is 19.3 Å². The highest BCUT2D eigenvalue weighted by molar-refractivity contribution is 5.97. The quantitative estimate of drug-likeness (QED) is 0.887. The summed E-state index contributed by atoms with van der Waals surface area (Å²) in [5.41, 5.74) is 6.39. The Morgan fingerprint density at radius 3 is 2.75 bits per heavy atom. The number of hydrogen-bond donors (Lipinski definition) is 2. The number of ether oxygens (including phenoxy) is 2. The Kier molecular flexibility index (Phi) is 4.40. The first kappa shape index (κ1) is 14.9. The van der Waals surface area contributed by atoms with Crippen LogP contribution in [-0.2, 0) is 0 Å². The van der Waals surface area contributed by atoms with Gasteiger partial charge in [0.05, 0.1) is 5.56 Å². The van der Waals surface area contributed by atoms with E-state index in [1.54, 1.807) is 12.1 Å². The topological polar surface area (TPSA) is 73.6 Å². The number of halogens is 1. The number of benzene rings is 1. The van der Waals surface area contributed by atoms with Gasteiger partial charge in [0, 0.05) is 12.1 Å². The van der Waals surface area contributed by atoms with Gasteiger partial charge in [-0.15, -0.1) is 12.4 Å². The van der Waals surface area contributed by atoms with Crippen LogP contribution in [0.3, 0.4) is 0 Å². The molecule has 1 aromatic carbocycles. The summed E-state index contributed by atoms with van der Waals surface area (Å²) in [5.74, 6) is 1.01. The zero-order chi connectivity index (χ0) is 13.3. The fourth-order valence-electron chi connectivity index (χ4n) is 2.41. The molecule has 1 fully saturated rings. The van der Waals surface area contributed by atoms with Gasteiger partial charge in [0.2, 0.25) is 0 Å². The fraction of sp³-hybridized carbons (Fsp3) is 0.500. The van der Waals surface area contributed by atoms with Crippen LogP contribution in [0.4, 0.5) is 0 Å². The van der Waals surface area contributed by atoms with Crippen molar-refractivity contribution in [1.82, 2.24) is 5.32 Å². The van der Waals surface area contributed by atoms with E-state index in [0.29, 0.717) is 36.8 Å². The van der Waals surface area contributed by atoms with Gasteiger partial charge < -0.3 is 20.5 Å². The first-order chi connectivity index (χ1) is 9.18. The Morgan fingerprint density at radius 1 is 1.30 bits per heavy atom. The van der Waals surface area contributed by atoms with Crippen molar-refractivity contribution in [3.8, 4) is 11.5 Å². The summed E-state index contributed by atoms with van der Waals surface area (Å²) in [5, 5.41) is 2.89. The molecule has 110 valence electrons. The van der Waals surface area contributed by atoms with Gasteiger partial charge in [-0.3, -0.25) is 4.79 Å². The Morgan fingerprint density at radius 2 is 2.05 bits per heavy atom. The molecule has 3 rings (SSSR count). The van der Waals surface area contributed by atoms with E-state index >= 15 is 0 Å². The minimum atomic E-state index is -0.220. The maximum Gasteiger partial charge on any atom is 0.255 e. The lowest BCUT2D eigenvalue weighted by Gasteiger charge is -2.38. The van der Waals surface area contributed by atoms with Crippen LogP contribution in [0.1, 0.15) is 29.6 Å². The zero-order valence-corrected chi connectivity index (χ0v) is 12.0. The Labute approximate surface area is 124 Å². The molecule has 1 heterocycles. The van der Waals surface area contributed by atoms with E-state index < -0.39 is 0 Å². The molecule has 0 saturated heterocycles. The van der Waals surface area contributed by atoms with Gasteiger partial charge in [-0.05, 0) is 31.4 Å². The van der Waals surface area contributed by atoms with Gasteiger partial charge in [-0.1, -0.05) is 6.07 Å². The molecule has 1 aliphatic carbocycles. The second-order valence-electron chi connectivity index (χ2n) is 5.23. The molecule has 1 amide bonds. The number of rotatable bonds is 3. The summed E-state index contributed by atoms with van der Waals surface area (Å²) in [6.07, 6.45) is 3.09. The molecule has 20 heavy (non-hydrogen) atoms. The predicted molar refractivity (Wildman–Crippen MR) is 77.8 cm³/mol. The molecule has 1 aromatic rings. The molecule has 0 radical (unpaired) electrons. The molecule has 0 aromatic heterocycles. The summed E-state index contributed by atoms with van der Waals surface area (Å²) in [7, 11) is 0. The highest BCUT2D eigenvalue weighted by atomic mass is 35.5. The van der Waals surface area contributed by atoms with Crippen LogP contribution < -0.4 is 20.5 Å². The number of para-hydroxylation sites is 1. The third kappa shape index (κ3) is 2.83. The molecule has 0 unspecified atom stereocenters. The minimum Gasteiger partial charge on any atom is -0.486 e. The van der Waals surface area contributed by atoms with E-state index in [4.69, 9.17) is 15.2 Å². The summed E-state index contributed by atoms with van der Waals surface area (Å²) in [6.45, 7) is 1.50. The lowest BCUT2D eigenvalue weighted by molar-refractivity contribution is 0.0919. The van der Waals surface area contributed by atoms with Crippen molar-refractivity contribution >= 4 is 18.3 Å². The second kappa shape index (κ2) is 5.89. The van der Waals surface area contributed by atoms with Gasteiger partial charge in [-0.25, -0.2) is 0 Å². The van der Waals surface area contributed by atoms with Gasteiger partial charge >= 0.3 is 0 Å². The first-order valence-electron chi connectivity index (χ1n) is 6.64. The van der Waals surface area contributed by atoms with E-state index in [-0.39, 0.29) is 23.9 Å². The van der Waals surface area contributed by atoms with Crippen LogP contribution >= 0.6 is 12.4 Å². The molecule has 1 aliphatic heterocycles. The third-order valence-electron chi connectivity index (χ3n) is 3.76. The Hall–Kier alpha value is -1.46. The number of nitrogens with two attached hydrogens (primary N) is 1. The van der Waals surface area contributed by atoms with Crippen LogP contribution in [-0.4, -0.2) is 31.2 Å². The highest BCUT2D eigenvalue weighted by Gasteiger charge is 2.33. The summed E-state index contributed by atoms with van der Waals surface area (Å²) < 4.78 is 11.0. The molecule has 0 bridgehead atoms. The molecule has 0 spiro atoms. The number of hydrogen-bond acceptors (Lipinski definition) is 4. The number of carbonyl (C=O) groups is 1. The van der Waals surface area contributed by atoms with Crippen LogP contribution in [0.5, 0.6) is 11.5 Å². The fourth-order valence-corrected chi connectivity index (χ4v) is 2.41. The number of amides is 1. The minimum absolute atomic E-state index is 0. The van der Waals surface area contributed by atoms with Crippen LogP contribution in [0, 0.1) is 0 Å². The van der Waals surface area contributed by atoms with Crippen LogP contribution in [0.25, 0.3) is 0 Å². The smallest absolute Gasteiger partial charge is 0.255 e. The molecule has 2 aliphatic rings. The normalized spacial score (nSPS) is 18.4. The van der Waals surface area contributed by atoms with Gasteiger partial charge in [0.25, 0.3) is 5.91 Å². The standard InChI is InChI=1S/C14H18N2O3.ClH/c15-14(5-2-6-14)9-16-13(17)10-3-1-4-11-12(10)19-8-7-18-11;/h1,3-4H,2,5-9,15H2,(H,16,17);1H. The monoisotopic (exact) mass is 298 g/mol. The first-order valence-corrected chi connectivity index (χ1v) is 6.64. The molecule has 1 saturated carbocycles. The van der Waals surface area contributed by atoms with Crippen molar-refractivity contribution < 1.29 is 14.3 Å². The highest BCUT2D eigenvalue weighted by Crippen LogP contribution is 2.34. The van der Waals surface area contributed by atoms with E-state index in [2.05, 4.69) is 5.32 Å². The largest absolute Gasteiger partial charge is 0.486 e. The molecule has 6 heteroatoms. The molecule has 5 nitrogen and oxygen atoms in total. The van der Waals surface area contributed by atoms with Crippen molar-refractivity contribution in [2.45, 2.75) is 24.8 Å². The molecular weight excluding hydrogens is 280 g/mol. The lowest BCUT2D eigenvalue weighted by Crippen LogP contribution is -2.54. The lowest BCUT2D eigenvalue weighted by atomic mass is 9.78. The molecule has 0 atom stereocenters. The number of nitrogens with one attached hydrogen (secondary N) is 1. The second-order valence-corrected chi connectivity index (χ2v) is 5.23.